The van der Waals surface area contributed by atoms with Crippen LogP contribution < -0.4 is 26.2 Å². The highest BCUT2D eigenvalue weighted by molar-refractivity contribution is 5.96. The Balaban J connectivity index is 1.65. The summed E-state index contributed by atoms with van der Waals surface area (Å²) in [5.74, 6) is 0.216. The maximum atomic E-state index is 11.8. The normalized spacial score (nSPS) is 9.92. The minimum Gasteiger partial charge on any atom is -0.497 e. The van der Waals surface area contributed by atoms with Gasteiger partial charge in [0.2, 0.25) is 5.91 Å². The largest absolute Gasteiger partial charge is 0.497 e. The van der Waals surface area contributed by atoms with Gasteiger partial charge in [0, 0.05) is 18.7 Å². The molecule has 1 heterocycles. The Morgan fingerprint density at radius 2 is 1.81 bits per heavy atom. The van der Waals surface area contributed by atoms with Crippen LogP contribution in [0.25, 0.3) is 0 Å². The lowest BCUT2D eigenvalue weighted by Gasteiger charge is -2.09. The molecule has 0 saturated heterocycles. The molecule has 0 saturated carbocycles. The molecule has 2 aromatic rings. The SMILES string of the molecule is COc1ccc(NC(=O)NCCC(=O)NNC(=O)c2ccoc2C)cc1. The molecule has 9 nitrogen and oxygen atoms in total. The number of anilines is 1. The van der Waals surface area contributed by atoms with E-state index in [0.29, 0.717) is 22.8 Å². The predicted molar refractivity (Wildman–Crippen MR) is 93.7 cm³/mol. The van der Waals surface area contributed by atoms with Crippen LogP contribution in [0.5, 0.6) is 5.75 Å². The Bertz CT molecular complexity index is 770. The van der Waals surface area contributed by atoms with Crippen molar-refractivity contribution in [2.75, 3.05) is 19.0 Å². The molecule has 0 fully saturated rings. The Kier molecular flexibility index (Phi) is 6.60. The summed E-state index contributed by atoms with van der Waals surface area (Å²) in [5.41, 5.74) is 5.47. The number of rotatable bonds is 6. The van der Waals surface area contributed by atoms with E-state index in [1.807, 2.05) is 0 Å². The van der Waals surface area contributed by atoms with Crippen molar-refractivity contribution in [3.63, 3.8) is 0 Å². The van der Waals surface area contributed by atoms with E-state index >= 15 is 0 Å². The van der Waals surface area contributed by atoms with Crippen LogP contribution in [0.3, 0.4) is 0 Å². The van der Waals surface area contributed by atoms with Crippen molar-refractivity contribution in [2.24, 2.45) is 0 Å². The molecule has 0 bridgehead atoms. The molecule has 0 aliphatic carbocycles. The molecular weight excluding hydrogens is 340 g/mol. The number of hydrazine groups is 1. The van der Waals surface area contributed by atoms with Crippen molar-refractivity contribution in [3.8, 4) is 5.75 Å². The van der Waals surface area contributed by atoms with Gasteiger partial charge in [-0.2, -0.15) is 0 Å². The first-order valence-electron chi connectivity index (χ1n) is 7.82. The van der Waals surface area contributed by atoms with Crippen LogP contribution in [0.2, 0.25) is 0 Å². The first-order chi connectivity index (χ1) is 12.5. The number of benzene rings is 1. The number of amides is 4. The molecule has 9 heteroatoms. The zero-order valence-corrected chi connectivity index (χ0v) is 14.4. The maximum Gasteiger partial charge on any atom is 0.319 e. The highest BCUT2D eigenvalue weighted by Crippen LogP contribution is 2.14. The molecule has 0 aliphatic heterocycles. The van der Waals surface area contributed by atoms with E-state index in [0.717, 1.165) is 0 Å². The summed E-state index contributed by atoms with van der Waals surface area (Å²) < 4.78 is 10.0. The van der Waals surface area contributed by atoms with Crippen molar-refractivity contribution in [3.05, 3.63) is 47.9 Å². The quantitative estimate of drug-likeness (QED) is 0.583. The van der Waals surface area contributed by atoms with E-state index in [4.69, 9.17) is 9.15 Å². The van der Waals surface area contributed by atoms with Crippen LogP contribution >= 0.6 is 0 Å². The van der Waals surface area contributed by atoms with E-state index in [2.05, 4.69) is 21.5 Å². The summed E-state index contributed by atoms with van der Waals surface area (Å²) in [7, 11) is 1.55. The van der Waals surface area contributed by atoms with Crippen LogP contribution in [0, 0.1) is 6.92 Å². The number of furan rings is 1. The van der Waals surface area contributed by atoms with Crippen molar-refractivity contribution >= 4 is 23.5 Å². The fourth-order valence-corrected chi connectivity index (χ4v) is 2.02. The van der Waals surface area contributed by atoms with E-state index in [1.54, 1.807) is 38.3 Å². The second-order valence-electron chi connectivity index (χ2n) is 5.25. The van der Waals surface area contributed by atoms with Gasteiger partial charge < -0.3 is 19.8 Å². The van der Waals surface area contributed by atoms with E-state index in [9.17, 15) is 14.4 Å². The lowest BCUT2D eigenvalue weighted by atomic mass is 10.2. The second-order valence-corrected chi connectivity index (χ2v) is 5.25. The number of hydrogen-bond acceptors (Lipinski definition) is 5. The molecule has 0 spiro atoms. The molecule has 4 N–H and O–H groups in total. The smallest absolute Gasteiger partial charge is 0.319 e. The van der Waals surface area contributed by atoms with Gasteiger partial charge in [0.05, 0.1) is 18.9 Å². The van der Waals surface area contributed by atoms with Gasteiger partial charge in [0.1, 0.15) is 11.5 Å². The fourth-order valence-electron chi connectivity index (χ4n) is 2.02. The van der Waals surface area contributed by atoms with Crippen LogP contribution in [0.4, 0.5) is 10.5 Å². The second kappa shape index (κ2) is 9.11. The Hall–Kier alpha value is -3.49. The highest BCUT2D eigenvalue weighted by Gasteiger charge is 2.12. The van der Waals surface area contributed by atoms with E-state index in [-0.39, 0.29) is 13.0 Å². The summed E-state index contributed by atoms with van der Waals surface area (Å²) in [6, 6.07) is 7.88. The number of hydrogen-bond donors (Lipinski definition) is 4. The lowest BCUT2D eigenvalue weighted by molar-refractivity contribution is -0.121. The van der Waals surface area contributed by atoms with Crippen molar-refractivity contribution in [1.29, 1.82) is 0 Å². The number of carbonyl (C=O) groups is 3. The van der Waals surface area contributed by atoms with E-state index < -0.39 is 17.8 Å². The summed E-state index contributed by atoms with van der Waals surface area (Å²) >= 11 is 0. The van der Waals surface area contributed by atoms with Crippen LogP contribution in [0.1, 0.15) is 22.5 Å². The summed E-state index contributed by atoms with van der Waals surface area (Å²) in [4.78, 5) is 35.2. The van der Waals surface area contributed by atoms with Crippen molar-refractivity contribution in [1.82, 2.24) is 16.2 Å². The summed E-state index contributed by atoms with van der Waals surface area (Å²) in [6.07, 6.45) is 1.39. The molecule has 1 aromatic heterocycles. The standard InChI is InChI=1S/C17H20N4O5/c1-11-14(8-10-26-11)16(23)21-20-15(22)7-9-18-17(24)19-12-3-5-13(25-2)6-4-12/h3-6,8,10H,7,9H2,1-2H3,(H,20,22)(H,21,23)(H2,18,19,24). The van der Waals surface area contributed by atoms with Gasteiger partial charge in [0.15, 0.2) is 0 Å². The molecule has 4 amide bonds. The summed E-state index contributed by atoms with van der Waals surface area (Å²) in [5, 5.41) is 5.17. The lowest BCUT2D eigenvalue weighted by Crippen LogP contribution is -2.43. The fraction of sp³-hybridized carbons (Fsp3) is 0.235. The van der Waals surface area contributed by atoms with Gasteiger partial charge in [-0.1, -0.05) is 0 Å². The molecule has 1 aromatic carbocycles. The molecule has 0 atom stereocenters. The van der Waals surface area contributed by atoms with Gasteiger partial charge in [-0.15, -0.1) is 0 Å². The Labute approximate surface area is 150 Å². The third-order valence-corrected chi connectivity index (χ3v) is 3.40. The molecule has 26 heavy (non-hydrogen) atoms. The number of urea groups is 1. The monoisotopic (exact) mass is 360 g/mol. The van der Waals surface area contributed by atoms with Gasteiger partial charge >= 0.3 is 6.03 Å². The van der Waals surface area contributed by atoms with Gasteiger partial charge in [-0.25, -0.2) is 4.79 Å². The molecule has 0 radical (unpaired) electrons. The summed E-state index contributed by atoms with van der Waals surface area (Å²) in [6.45, 7) is 1.75. The molecule has 0 unspecified atom stereocenters. The topological polar surface area (TPSA) is 122 Å². The average molecular weight is 360 g/mol. The predicted octanol–water partition coefficient (Wildman–Crippen LogP) is 1.57. The van der Waals surface area contributed by atoms with Crippen LogP contribution in [-0.2, 0) is 4.79 Å². The van der Waals surface area contributed by atoms with Gasteiger partial charge in [-0.05, 0) is 37.3 Å². The third-order valence-electron chi connectivity index (χ3n) is 3.40. The molecule has 2 rings (SSSR count). The van der Waals surface area contributed by atoms with E-state index in [1.165, 1.54) is 12.3 Å². The maximum absolute atomic E-state index is 11.8. The van der Waals surface area contributed by atoms with Crippen LogP contribution in [-0.4, -0.2) is 31.5 Å². The van der Waals surface area contributed by atoms with Gasteiger partial charge in [0.25, 0.3) is 5.91 Å². The molecular formula is C17H20N4O5. The zero-order chi connectivity index (χ0) is 18.9. The van der Waals surface area contributed by atoms with Crippen molar-refractivity contribution in [2.45, 2.75) is 13.3 Å². The minimum absolute atomic E-state index is 0.000676. The molecule has 0 aliphatic rings. The minimum atomic E-state index is -0.477. The number of aryl methyl sites for hydroxylation is 1. The first-order valence-corrected chi connectivity index (χ1v) is 7.82. The first kappa shape index (κ1) is 18.8. The third kappa shape index (κ3) is 5.55. The Morgan fingerprint density at radius 1 is 1.08 bits per heavy atom. The number of ether oxygens (including phenoxy) is 1. The highest BCUT2D eigenvalue weighted by atomic mass is 16.5. The number of methoxy groups -OCH3 is 1. The number of carbonyl (C=O) groups excluding carboxylic acids is 3. The van der Waals surface area contributed by atoms with Crippen molar-refractivity contribution < 1.29 is 23.5 Å². The molecule has 138 valence electrons. The number of nitrogens with one attached hydrogen (secondary N) is 4. The zero-order valence-electron chi connectivity index (χ0n) is 14.4. The van der Waals surface area contributed by atoms with Gasteiger partial charge in [-0.3, -0.25) is 20.4 Å². The van der Waals surface area contributed by atoms with Crippen LogP contribution in [0.15, 0.2) is 41.0 Å². The Morgan fingerprint density at radius 3 is 2.42 bits per heavy atom. The average Bonchev–Trinajstić information content (AvgIpc) is 3.06.